The first kappa shape index (κ1) is 22.2. The molecule has 0 aromatic carbocycles. The Bertz CT molecular complexity index is 716. The molecular weight excluding hydrogens is 473 g/mol. The van der Waals surface area contributed by atoms with E-state index in [1.807, 2.05) is 17.5 Å². The SMILES string of the molecule is CCNC(=NCc1coc(-c2cccs2)n1)NC1CN(C(C)C)CC1C.I. The topological polar surface area (TPSA) is 65.7 Å². The summed E-state index contributed by atoms with van der Waals surface area (Å²) in [7, 11) is 0. The van der Waals surface area contributed by atoms with Crippen molar-refractivity contribution in [3.05, 3.63) is 29.5 Å². The molecule has 0 bridgehead atoms. The second-order valence-electron chi connectivity index (χ2n) is 7.09. The van der Waals surface area contributed by atoms with Crippen molar-refractivity contribution in [3.8, 4) is 10.8 Å². The van der Waals surface area contributed by atoms with Crippen molar-refractivity contribution in [2.45, 2.75) is 46.3 Å². The molecule has 2 unspecified atom stereocenters. The molecule has 3 rings (SSSR count). The van der Waals surface area contributed by atoms with Gasteiger partial charge in [-0.3, -0.25) is 4.90 Å². The highest BCUT2D eigenvalue weighted by Gasteiger charge is 2.31. The van der Waals surface area contributed by atoms with Crippen molar-refractivity contribution in [3.63, 3.8) is 0 Å². The minimum atomic E-state index is 0. The van der Waals surface area contributed by atoms with Crippen LogP contribution in [0.15, 0.2) is 33.2 Å². The van der Waals surface area contributed by atoms with E-state index in [-0.39, 0.29) is 24.0 Å². The average Bonchev–Trinajstić information content (AvgIpc) is 3.34. The third-order valence-electron chi connectivity index (χ3n) is 4.72. The summed E-state index contributed by atoms with van der Waals surface area (Å²) in [4.78, 5) is 12.8. The zero-order valence-corrected chi connectivity index (χ0v) is 19.6. The molecule has 0 aliphatic carbocycles. The minimum Gasteiger partial charge on any atom is -0.443 e. The van der Waals surface area contributed by atoms with Gasteiger partial charge in [-0.2, -0.15) is 0 Å². The van der Waals surface area contributed by atoms with Gasteiger partial charge in [0.15, 0.2) is 5.96 Å². The second-order valence-corrected chi connectivity index (χ2v) is 8.04. The fourth-order valence-electron chi connectivity index (χ4n) is 3.16. The summed E-state index contributed by atoms with van der Waals surface area (Å²) in [5.74, 6) is 2.11. The van der Waals surface area contributed by atoms with E-state index in [1.54, 1.807) is 17.6 Å². The summed E-state index contributed by atoms with van der Waals surface area (Å²) in [5.41, 5.74) is 0.842. The van der Waals surface area contributed by atoms with E-state index in [0.717, 1.165) is 36.2 Å². The number of aliphatic imine (C=N–C) groups is 1. The van der Waals surface area contributed by atoms with Crippen molar-refractivity contribution < 1.29 is 4.42 Å². The lowest BCUT2D eigenvalue weighted by atomic mass is 10.1. The van der Waals surface area contributed by atoms with Crippen LogP contribution in [0.2, 0.25) is 0 Å². The van der Waals surface area contributed by atoms with Gasteiger partial charge in [0.1, 0.15) is 12.0 Å². The summed E-state index contributed by atoms with van der Waals surface area (Å²) in [6.07, 6.45) is 1.70. The molecule has 27 heavy (non-hydrogen) atoms. The number of thiophene rings is 1. The largest absolute Gasteiger partial charge is 0.443 e. The van der Waals surface area contributed by atoms with E-state index >= 15 is 0 Å². The normalized spacial score (nSPS) is 20.7. The molecule has 1 fully saturated rings. The second kappa shape index (κ2) is 10.4. The Balaban J connectivity index is 0.00000261. The van der Waals surface area contributed by atoms with Gasteiger partial charge in [-0.15, -0.1) is 35.3 Å². The van der Waals surface area contributed by atoms with Gasteiger partial charge in [-0.25, -0.2) is 9.98 Å². The summed E-state index contributed by atoms with van der Waals surface area (Å²) in [6, 6.07) is 5.00. The molecule has 0 amide bonds. The smallest absolute Gasteiger partial charge is 0.236 e. The van der Waals surface area contributed by atoms with Crippen LogP contribution in [0.4, 0.5) is 0 Å². The number of hydrogen-bond acceptors (Lipinski definition) is 5. The number of rotatable bonds is 6. The van der Waals surface area contributed by atoms with Crippen LogP contribution in [0.1, 0.15) is 33.4 Å². The number of nitrogens with zero attached hydrogens (tertiary/aromatic N) is 3. The molecule has 2 N–H and O–H groups in total. The van der Waals surface area contributed by atoms with Gasteiger partial charge in [0, 0.05) is 31.7 Å². The summed E-state index contributed by atoms with van der Waals surface area (Å²) in [6.45, 7) is 12.4. The molecule has 1 saturated heterocycles. The number of hydrogen-bond donors (Lipinski definition) is 2. The van der Waals surface area contributed by atoms with Crippen LogP contribution in [0.25, 0.3) is 10.8 Å². The highest BCUT2D eigenvalue weighted by atomic mass is 127. The standard InChI is InChI=1S/C19H29N5OS.HI/c1-5-20-19(23-16-11-24(13(2)3)10-14(16)4)21-9-15-12-25-18(22-15)17-7-6-8-26-17;/h6-8,12-14,16H,5,9-11H2,1-4H3,(H2,20,21,23);1H. The van der Waals surface area contributed by atoms with Gasteiger partial charge < -0.3 is 15.1 Å². The Kier molecular flexibility index (Phi) is 8.56. The predicted octanol–water partition coefficient (Wildman–Crippen LogP) is 3.80. The third-order valence-corrected chi connectivity index (χ3v) is 5.58. The van der Waals surface area contributed by atoms with Crippen LogP contribution in [-0.2, 0) is 6.54 Å². The number of oxazole rings is 1. The molecule has 1 aliphatic heterocycles. The first-order valence-electron chi connectivity index (χ1n) is 9.34. The lowest BCUT2D eigenvalue weighted by Gasteiger charge is -2.21. The molecule has 0 saturated carbocycles. The Hall–Kier alpha value is -1.13. The molecule has 0 radical (unpaired) electrons. The quantitative estimate of drug-likeness (QED) is 0.357. The van der Waals surface area contributed by atoms with Gasteiger partial charge in [0.05, 0.1) is 11.4 Å². The van der Waals surface area contributed by atoms with E-state index in [9.17, 15) is 0 Å². The Labute approximate surface area is 182 Å². The molecule has 1 aliphatic rings. The number of likely N-dealkylation sites (tertiary alicyclic amines) is 1. The fraction of sp³-hybridized carbons (Fsp3) is 0.579. The van der Waals surface area contributed by atoms with Gasteiger partial charge in [0.25, 0.3) is 0 Å². The minimum absolute atomic E-state index is 0. The zero-order valence-electron chi connectivity index (χ0n) is 16.4. The van der Waals surface area contributed by atoms with E-state index in [2.05, 4.69) is 48.2 Å². The van der Waals surface area contributed by atoms with E-state index in [4.69, 9.17) is 9.41 Å². The van der Waals surface area contributed by atoms with Crippen molar-refractivity contribution in [2.24, 2.45) is 10.9 Å². The lowest BCUT2D eigenvalue weighted by Crippen LogP contribution is -2.46. The van der Waals surface area contributed by atoms with Crippen LogP contribution >= 0.6 is 35.3 Å². The van der Waals surface area contributed by atoms with Crippen LogP contribution in [0, 0.1) is 5.92 Å². The van der Waals surface area contributed by atoms with Crippen LogP contribution in [0.5, 0.6) is 0 Å². The Morgan fingerprint density at radius 3 is 2.89 bits per heavy atom. The highest BCUT2D eigenvalue weighted by molar-refractivity contribution is 14.0. The van der Waals surface area contributed by atoms with Crippen molar-refractivity contribution >= 4 is 41.3 Å². The van der Waals surface area contributed by atoms with Crippen LogP contribution < -0.4 is 10.6 Å². The molecule has 6 nitrogen and oxygen atoms in total. The lowest BCUT2D eigenvalue weighted by molar-refractivity contribution is 0.265. The van der Waals surface area contributed by atoms with Gasteiger partial charge >= 0.3 is 0 Å². The van der Waals surface area contributed by atoms with Crippen molar-refractivity contribution in [2.75, 3.05) is 19.6 Å². The monoisotopic (exact) mass is 503 g/mol. The first-order chi connectivity index (χ1) is 12.6. The van der Waals surface area contributed by atoms with E-state index in [1.165, 1.54) is 0 Å². The highest BCUT2D eigenvalue weighted by Crippen LogP contribution is 2.23. The van der Waals surface area contributed by atoms with Gasteiger partial charge in [-0.1, -0.05) is 13.0 Å². The number of halogens is 1. The maximum atomic E-state index is 5.57. The fourth-order valence-corrected chi connectivity index (χ4v) is 3.82. The van der Waals surface area contributed by atoms with E-state index in [0.29, 0.717) is 30.4 Å². The number of guanidine groups is 1. The molecule has 2 aromatic rings. The average molecular weight is 503 g/mol. The molecular formula is C19H30IN5OS. The van der Waals surface area contributed by atoms with Gasteiger partial charge in [-0.05, 0) is 38.1 Å². The van der Waals surface area contributed by atoms with Gasteiger partial charge in [0.2, 0.25) is 5.89 Å². The molecule has 8 heteroatoms. The Morgan fingerprint density at radius 2 is 2.26 bits per heavy atom. The Morgan fingerprint density at radius 1 is 1.44 bits per heavy atom. The molecule has 150 valence electrons. The summed E-state index contributed by atoms with van der Waals surface area (Å²) < 4.78 is 5.57. The molecule has 2 atom stereocenters. The maximum Gasteiger partial charge on any atom is 0.236 e. The van der Waals surface area contributed by atoms with E-state index < -0.39 is 0 Å². The van der Waals surface area contributed by atoms with Crippen LogP contribution in [0.3, 0.4) is 0 Å². The van der Waals surface area contributed by atoms with Crippen molar-refractivity contribution in [1.82, 2.24) is 20.5 Å². The first-order valence-corrected chi connectivity index (χ1v) is 10.2. The number of aromatic nitrogens is 1. The third kappa shape index (κ3) is 5.92. The molecule has 3 heterocycles. The zero-order chi connectivity index (χ0) is 18.5. The maximum absolute atomic E-state index is 5.57. The van der Waals surface area contributed by atoms with Crippen LogP contribution in [-0.4, -0.2) is 47.6 Å². The van der Waals surface area contributed by atoms with Crippen molar-refractivity contribution in [1.29, 1.82) is 0 Å². The summed E-state index contributed by atoms with van der Waals surface area (Å²) >= 11 is 1.62. The molecule has 0 spiro atoms. The summed E-state index contributed by atoms with van der Waals surface area (Å²) in [5, 5.41) is 8.96. The molecule has 2 aromatic heterocycles. The number of nitrogens with one attached hydrogen (secondary N) is 2. The predicted molar refractivity (Wildman–Crippen MR) is 123 cm³/mol.